The second-order valence-electron chi connectivity index (χ2n) is 7.15. The molecule has 5 heteroatoms. The van der Waals surface area contributed by atoms with Crippen LogP contribution >= 0.6 is 0 Å². The number of carbonyl (C=O) groups is 1. The largest absolute Gasteiger partial charge is 0.492 e. The minimum Gasteiger partial charge on any atom is -0.492 e. The number of benzene rings is 1. The van der Waals surface area contributed by atoms with Crippen LogP contribution in [0.3, 0.4) is 0 Å². The monoisotopic (exact) mass is 367 g/mol. The molecule has 0 saturated carbocycles. The van der Waals surface area contributed by atoms with E-state index in [0.29, 0.717) is 13.2 Å². The number of para-hydroxylation sites is 1. The summed E-state index contributed by atoms with van der Waals surface area (Å²) in [7, 11) is 0. The van der Waals surface area contributed by atoms with E-state index in [-0.39, 0.29) is 5.91 Å². The van der Waals surface area contributed by atoms with Crippen LogP contribution in [0.2, 0.25) is 0 Å². The Morgan fingerprint density at radius 3 is 2.70 bits per heavy atom. The molecule has 0 radical (unpaired) electrons. The van der Waals surface area contributed by atoms with Crippen molar-refractivity contribution in [1.82, 2.24) is 14.8 Å². The van der Waals surface area contributed by atoms with Gasteiger partial charge >= 0.3 is 0 Å². The molecule has 2 heterocycles. The molecule has 3 rings (SSSR count). The minimum absolute atomic E-state index is 0.114. The summed E-state index contributed by atoms with van der Waals surface area (Å²) in [6.45, 7) is 8.35. The normalized spacial score (nSPS) is 16.6. The van der Waals surface area contributed by atoms with Crippen LogP contribution in [-0.4, -0.2) is 46.9 Å². The summed E-state index contributed by atoms with van der Waals surface area (Å²) in [5.41, 5.74) is 3.21. The summed E-state index contributed by atoms with van der Waals surface area (Å²) in [5, 5.41) is 0. The molecule has 1 aromatic heterocycles. The molecule has 0 N–H and O–H groups in total. The summed E-state index contributed by atoms with van der Waals surface area (Å²) >= 11 is 0. The number of amides is 1. The molecule has 0 atom stereocenters. The van der Waals surface area contributed by atoms with Crippen LogP contribution in [0.25, 0.3) is 0 Å². The lowest BCUT2D eigenvalue weighted by Crippen LogP contribution is -2.33. The number of pyridine rings is 1. The zero-order chi connectivity index (χ0) is 19.1. The molecule has 0 unspecified atom stereocenters. The SMILES string of the molecule is CC(=O)N1CCCCN(Cc2cccc(C)n2)CCOc2ccccc2C1. The predicted molar refractivity (Wildman–Crippen MR) is 107 cm³/mol. The molecule has 1 amide bonds. The van der Waals surface area contributed by atoms with Crippen molar-refractivity contribution in [2.45, 2.75) is 39.8 Å². The molecule has 27 heavy (non-hydrogen) atoms. The van der Waals surface area contributed by atoms with Crippen molar-refractivity contribution in [3.05, 3.63) is 59.4 Å². The second kappa shape index (κ2) is 9.51. The van der Waals surface area contributed by atoms with Crippen LogP contribution in [0, 0.1) is 6.92 Å². The van der Waals surface area contributed by atoms with E-state index >= 15 is 0 Å². The topological polar surface area (TPSA) is 45.7 Å². The van der Waals surface area contributed by atoms with Gasteiger partial charge in [-0.25, -0.2) is 0 Å². The number of ether oxygens (including phenoxy) is 1. The summed E-state index contributed by atoms with van der Waals surface area (Å²) in [4.78, 5) is 21.0. The Labute approximate surface area is 162 Å². The van der Waals surface area contributed by atoms with Gasteiger partial charge in [-0.05, 0) is 44.5 Å². The standard InChI is InChI=1S/C22H29N3O2/c1-18-8-7-10-21(23-18)17-24-12-5-6-13-25(19(2)26)16-20-9-3-4-11-22(20)27-15-14-24/h3-4,7-11H,5-6,12-17H2,1-2H3. The lowest BCUT2D eigenvalue weighted by Gasteiger charge is -2.26. The van der Waals surface area contributed by atoms with Gasteiger partial charge < -0.3 is 9.64 Å². The highest BCUT2D eigenvalue weighted by molar-refractivity contribution is 5.73. The smallest absolute Gasteiger partial charge is 0.219 e. The molecule has 0 aliphatic carbocycles. The first-order chi connectivity index (χ1) is 13.1. The van der Waals surface area contributed by atoms with Crippen LogP contribution in [0.4, 0.5) is 0 Å². The van der Waals surface area contributed by atoms with Crippen molar-refractivity contribution < 1.29 is 9.53 Å². The second-order valence-corrected chi connectivity index (χ2v) is 7.15. The Balaban J connectivity index is 1.72. The number of carbonyl (C=O) groups excluding carboxylic acids is 1. The lowest BCUT2D eigenvalue weighted by molar-refractivity contribution is -0.129. The molecule has 1 aliphatic heterocycles. The summed E-state index contributed by atoms with van der Waals surface area (Å²) in [5.74, 6) is 0.987. The Morgan fingerprint density at radius 1 is 1.07 bits per heavy atom. The van der Waals surface area contributed by atoms with Crippen LogP contribution < -0.4 is 4.74 Å². The van der Waals surface area contributed by atoms with Crippen molar-refractivity contribution in [2.24, 2.45) is 0 Å². The van der Waals surface area contributed by atoms with E-state index in [1.165, 1.54) is 0 Å². The minimum atomic E-state index is 0.114. The molecule has 144 valence electrons. The van der Waals surface area contributed by atoms with Crippen molar-refractivity contribution >= 4 is 5.91 Å². The van der Waals surface area contributed by atoms with E-state index < -0.39 is 0 Å². The Hall–Kier alpha value is -2.40. The average Bonchev–Trinajstić information content (AvgIpc) is 2.63. The van der Waals surface area contributed by atoms with Gasteiger partial charge in [0.05, 0.1) is 5.69 Å². The van der Waals surface area contributed by atoms with Crippen molar-refractivity contribution in [1.29, 1.82) is 0 Å². The highest BCUT2D eigenvalue weighted by atomic mass is 16.5. The molecule has 0 saturated heterocycles. The summed E-state index contributed by atoms with van der Waals surface area (Å²) < 4.78 is 6.08. The maximum Gasteiger partial charge on any atom is 0.219 e. The first-order valence-electron chi connectivity index (χ1n) is 9.73. The van der Waals surface area contributed by atoms with Gasteiger partial charge in [-0.3, -0.25) is 14.7 Å². The van der Waals surface area contributed by atoms with Gasteiger partial charge in [-0.1, -0.05) is 24.3 Å². The number of fused-ring (bicyclic) bond motifs is 1. The third-order valence-electron chi connectivity index (χ3n) is 4.93. The fourth-order valence-electron chi connectivity index (χ4n) is 3.44. The number of nitrogens with zero attached hydrogens (tertiary/aromatic N) is 3. The Kier molecular flexibility index (Phi) is 6.82. The highest BCUT2D eigenvalue weighted by Gasteiger charge is 2.15. The zero-order valence-electron chi connectivity index (χ0n) is 16.4. The third kappa shape index (κ3) is 5.79. The average molecular weight is 367 g/mol. The summed E-state index contributed by atoms with van der Waals surface area (Å²) in [6, 6.07) is 14.2. The van der Waals surface area contributed by atoms with E-state index in [2.05, 4.69) is 22.0 Å². The quantitative estimate of drug-likeness (QED) is 0.816. The van der Waals surface area contributed by atoms with Gasteiger partial charge in [0.1, 0.15) is 12.4 Å². The van der Waals surface area contributed by atoms with Crippen molar-refractivity contribution in [3.63, 3.8) is 0 Å². The maximum absolute atomic E-state index is 12.0. The van der Waals surface area contributed by atoms with Crippen LogP contribution in [-0.2, 0) is 17.9 Å². The van der Waals surface area contributed by atoms with Gasteiger partial charge in [0.15, 0.2) is 0 Å². The lowest BCUT2D eigenvalue weighted by atomic mass is 10.1. The molecular weight excluding hydrogens is 338 g/mol. The molecule has 1 aliphatic rings. The van der Waals surface area contributed by atoms with E-state index in [0.717, 1.165) is 61.7 Å². The molecule has 0 fully saturated rings. The molecule has 0 spiro atoms. The van der Waals surface area contributed by atoms with Crippen molar-refractivity contribution in [2.75, 3.05) is 26.2 Å². The number of hydrogen-bond donors (Lipinski definition) is 0. The van der Waals surface area contributed by atoms with Gasteiger partial charge in [0.25, 0.3) is 0 Å². The van der Waals surface area contributed by atoms with E-state index in [4.69, 9.17) is 4.74 Å². The fourth-order valence-corrected chi connectivity index (χ4v) is 3.44. The van der Waals surface area contributed by atoms with Gasteiger partial charge in [0.2, 0.25) is 5.91 Å². The number of hydrogen-bond acceptors (Lipinski definition) is 4. The van der Waals surface area contributed by atoms with E-state index in [9.17, 15) is 4.79 Å². The van der Waals surface area contributed by atoms with Gasteiger partial charge in [-0.2, -0.15) is 0 Å². The number of aryl methyl sites for hydroxylation is 1. The van der Waals surface area contributed by atoms with Crippen LogP contribution in [0.15, 0.2) is 42.5 Å². The van der Waals surface area contributed by atoms with E-state index in [1.807, 2.05) is 42.2 Å². The summed E-state index contributed by atoms with van der Waals surface area (Å²) in [6.07, 6.45) is 2.05. The van der Waals surface area contributed by atoms with Gasteiger partial charge in [0, 0.05) is 44.4 Å². The zero-order valence-corrected chi connectivity index (χ0v) is 16.4. The highest BCUT2D eigenvalue weighted by Crippen LogP contribution is 2.21. The first-order valence-corrected chi connectivity index (χ1v) is 9.73. The van der Waals surface area contributed by atoms with Crippen LogP contribution in [0.5, 0.6) is 5.75 Å². The molecule has 2 aromatic rings. The Bertz CT molecular complexity index is 763. The van der Waals surface area contributed by atoms with Crippen LogP contribution in [0.1, 0.15) is 36.7 Å². The molecule has 1 aromatic carbocycles. The molecular formula is C22H29N3O2. The first kappa shape index (κ1) is 19.4. The molecule has 5 nitrogen and oxygen atoms in total. The number of rotatable bonds is 2. The van der Waals surface area contributed by atoms with E-state index in [1.54, 1.807) is 6.92 Å². The van der Waals surface area contributed by atoms with Crippen molar-refractivity contribution in [3.8, 4) is 5.75 Å². The molecule has 0 bridgehead atoms. The number of aromatic nitrogens is 1. The predicted octanol–water partition coefficient (Wildman–Crippen LogP) is 3.41. The maximum atomic E-state index is 12.0. The third-order valence-corrected chi connectivity index (χ3v) is 4.93. The fraction of sp³-hybridized carbons (Fsp3) is 0.455. The Morgan fingerprint density at radius 2 is 1.89 bits per heavy atom. The van der Waals surface area contributed by atoms with Gasteiger partial charge in [-0.15, -0.1) is 0 Å².